The second-order valence-electron chi connectivity index (χ2n) is 5.16. The van der Waals surface area contributed by atoms with Crippen LogP contribution >= 0.6 is 11.8 Å². The maximum atomic E-state index is 4.89. The maximum absolute atomic E-state index is 4.89. The summed E-state index contributed by atoms with van der Waals surface area (Å²) in [5, 5.41) is 0. The third kappa shape index (κ3) is 1.70. The van der Waals surface area contributed by atoms with Gasteiger partial charge in [0.15, 0.2) is 0 Å². The van der Waals surface area contributed by atoms with E-state index >= 15 is 0 Å². The summed E-state index contributed by atoms with van der Waals surface area (Å²) in [5.74, 6) is 0. The average molecular weight is 278 g/mol. The van der Waals surface area contributed by atoms with E-state index in [4.69, 9.17) is 4.99 Å². The fourth-order valence-electron chi connectivity index (χ4n) is 2.65. The molecule has 0 saturated heterocycles. The Morgan fingerprint density at radius 1 is 1.10 bits per heavy atom. The molecule has 2 aliphatic rings. The van der Waals surface area contributed by atoms with Crippen molar-refractivity contribution in [2.75, 3.05) is 11.9 Å². The van der Waals surface area contributed by atoms with Gasteiger partial charge in [-0.2, -0.15) is 0 Å². The maximum Gasteiger partial charge on any atom is 0.0884 e. The smallest absolute Gasteiger partial charge is 0.0884 e. The molecule has 0 aromatic heterocycles. The van der Waals surface area contributed by atoms with E-state index in [0.717, 1.165) is 11.4 Å². The number of anilines is 1. The summed E-state index contributed by atoms with van der Waals surface area (Å²) < 4.78 is 0. The first-order valence-corrected chi connectivity index (χ1v) is 7.46. The second kappa shape index (κ2) is 4.25. The summed E-state index contributed by atoms with van der Waals surface area (Å²) in [6.07, 6.45) is 2.18. The Hall–Kier alpha value is -2.00. The molecule has 2 aromatic rings. The SMILES string of the molecule is Cc1ccc2c(c1)SC1=CN(C)c3ccccc3C1=N2. The van der Waals surface area contributed by atoms with Gasteiger partial charge in [-0.1, -0.05) is 36.0 Å². The highest BCUT2D eigenvalue weighted by Gasteiger charge is 2.26. The molecule has 4 rings (SSSR count). The van der Waals surface area contributed by atoms with E-state index in [0.29, 0.717) is 0 Å². The van der Waals surface area contributed by atoms with E-state index in [9.17, 15) is 0 Å². The van der Waals surface area contributed by atoms with Crippen molar-refractivity contribution in [1.29, 1.82) is 0 Å². The molecule has 98 valence electrons. The van der Waals surface area contributed by atoms with Crippen LogP contribution in [-0.4, -0.2) is 12.8 Å². The van der Waals surface area contributed by atoms with Crippen molar-refractivity contribution in [1.82, 2.24) is 0 Å². The second-order valence-corrected chi connectivity index (χ2v) is 6.24. The van der Waals surface area contributed by atoms with E-state index < -0.39 is 0 Å². The molecule has 2 aromatic carbocycles. The topological polar surface area (TPSA) is 15.6 Å². The summed E-state index contributed by atoms with van der Waals surface area (Å²) in [5.41, 5.74) is 5.88. The Morgan fingerprint density at radius 3 is 2.85 bits per heavy atom. The number of aliphatic imine (C=N–C) groups is 1. The molecule has 0 atom stereocenters. The number of benzene rings is 2. The lowest BCUT2D eigenvalue weighted by Crippen LogP contribution is -2.22. The first kappa shape index (κ1) is 11.8. The molecule has 0 radical (unpaired) electrons. The minimum Gasteiger partial charge on any atom is -0.349 e. The van der Waals surface area contributed by atoms with Crippen LogP contribution in [0.2, 0.25) is 0 Å². The molecule has 0 bridgehead atoms. The summed E-state index contributed by atoms with van der Waals surface area (Å²) >= 11 is 1.81. The number of hydrogen-bond acceptors (Lipinski definition) is 3. The summed E-state index contributed by atoms with van der Waals surface area (Å²) in [6, 6.07) is 14.9. The third-order valence-electron chi connectivity index (χ3n) is 3.65. The Labute approximate surface area is 122 Å². The molecule has 2 aliphatic heterocycles. The molecule has 0 N–H and O–H groups in total. The summed E-state index contributed by atoms with van der Waals surface area (Å²) in [6.45, 7) is 2.12. The van der Waals surface area contributed by atoms with Gasteiger partial charge in [-0.3, -0.25) is 0 Å². The van der Waals surface area contributed by atoms with E-state index in [1.54, 1.807) is 0 Å². The van der Waals surface area contributed by atoms with Crippen molar-refractivity contribution >= 4 is 28.8 Å². The van der Waals surface area contributed by atoms with Crippen LogP contribution in [0.5, 0.6) is 0 Å². The van der Waals surface area contributed by atoms with Crippen LogP contribution in [0.1, 0.15) is 11.1 Å². The lowest BCUT2D eigenvalue weighted by atomic mass is 10.0. The zero-order valence-corrected chi connectivity index (χ0v) is 12.2. The van der Waals surface area contributed by atoms with Crippen LogP contribution in [-0.2, 0) is 0 Å². The van der Waals surface area contributed by atoms with Crippen LogP contribution in [0, 0.1) is 6.92 Å². The lowest BCUT2D eigenvalue weighted by Gasteiger charge is -2.29. The molecule has 2 nitrogen and oxygen atoms in total. The molecule has 0 aliphatic carbocycles. The highest BCUT2D eigenvalue weighted by atomic mass is 32.2. The van der Waals surface area contributed by atoms with Crippen molar-refractivity contribution in [3.63, 3.8) is 0 Å². The number of para-hydroxylation sites is 1. The number of allylic oxidation sites excluding steroid dienone is 1. The molecule has 0 unspecified atom stereocenters. The number of fused-ring (bicyclic) bond motifs is 4. The van der Waals surface area contributed by atoms with Crippen LogP contribution in [0.15, 0.2) is 63.5 Å². The summed E-state index contributed by atoms with van der Waals surface area (Å²) in [4.78, 5) is 9.53. The highest BCUT2D eigenvalue weighted by Crippen LogP contribution is 2.45. The zero-order valence-electron chi connectivity index (χ0n) is 11.4. The Bertz CT molecular complexity index is 774. The normalized spacial score (nSPS) is 15.8. The van der Waals surface area contributed by atoms with Crippen molar-refractivity contribution in [2.24, 2.45) is 4.99 Å². The van der Waals surface area contributed by atoms with Gasteiger partial charge in [0.05, 0.1) is 16.3 Å². The van der Waals surface area contributed by atoms with Crippen molar-refractivity contribution < 1.29 is 0 Å². The minimum absolute atomic E-state index is 1.08. The van der Waals surface area contributed by atoms with Gasteiger partial charge in [-0.15, -0.1) is 0 Å². The van der Waals surface area contributed by atoms with Gasteiger partial charge in [0.2, 0.25) is 0 Å². The molecular formula is C17H14N2S. The number of rotatable bonds is 0. The standard InChI is InChI=1S/C17H14N2S/c1-11-7-8-13-15(9-11)20-16-10-19(2)14-6-4-3-5-12(14)17(16)18-13/h3-10H,1-2H3. The minimum atomic E-state index is 1.08. The summed E-state index contributed by atoms with van der Waals surface area (Å²) in [7, 11) is 2.09. The monoisotopic (exact) mass is 278 g/mol. The molecule has 0 fully saturated rings. The zero-order chi connectivity index (χ0) is 13.7. The molecule has 0 saturated carbocycles. The molecule has 20 heavy (non-hydrogen) atoms. The van der Waals surface area contributed by atoms with Crippen LogP contribution in [0.25, 0.3) is 0 Å². The van der Waals surface area contributed by atoms with E-state index in [-0.39, 0.29) is 0 Å². The number of thioether (sulfide) groups is 1. The Balaban J connectivity index is 1.95. The van der Waals surface area contributed by atoms with Crippen molar-refractivity contribution in [3.05, 3.63) is 64.7 Å². The first-order valence-electron chi connectivity index (χ1n) is 6.64. The van der Waals surface area contributed by atoms with Crippen LogP contribution < -0.4 is 4.90 Å². The van der Waals surface area contributed by atoms with Gasteiger partial charge >= 0.3 is 0 Å². The Kier molecular flexibility index (Phi) is 2.51. The third-order valence-corrected chi connectivity index (χ3v) is 4.72. The van der Waals surface area contributed by atoms with Crippen LogP contribution in [0.3, 0.4) is 0 Å². The molecule has 0 amide bonds. The highest BCUT2D eigenvalue weighted by molar-refractivity contribution is 8.04. The predicted molar refractivity (Wildman–Crippen MR) is 86.2 cm³/mol. The average Bonchev–Trinajstić information content (AvgIpc) is 2.46. The van der Waals surface area contributed by atoms with Gasteiger partial charge in [-0.05, 0) is 30.7 Å². The fraction of sp³-hybridized carbons (Fsp3) is 0.118. The molecule has 3 heteroatoms. The fourth-order valence-corrected chi connectivity index (χ4v) is 3.81. The number of nitrogens with zero attached hydrogens (tertiary/aromatic N) is 2. The van der Waals surface area contributed by atoms with E-state index in [1.165, 1.54) is 26.6 Å². The van der Waals surface area contributed by atoms with Crippen molar-refractivity contribution in [3.8, 4) is 0 Å². The predicted octanol–water partition coefficient (Wildman–Crippen LogP) is 4.51. The van der Waals surface area contributed by atoms with Gasteiger partial charge in [0, 0.05) is 29.4 Å². The first-order chi connectivity index (χ1) is 9.72. The van der Waals surface area contributed by atoms with Crippen molar-refractivity contribution in [2.45, 2.75) is 11.8 Å². The number of aryl methyl sites for hydroxylation is 1. The largest absolute Gasteiger partial charge is 0.349 e. The lowest BCUT2D eigenvalue weighted by molar-refractivity contribution is 1.18. The Morgan fingerprint density at radius 2 is 1.95 bits per heavy atom. The van der Waals surface area contributed by atoms with E-state index in [1.807, 2.05) is 11.8 Å². The molecule has 0 spiro atoms. The van der Waals surface area contributed by atoms with E-state index in [2.05, 4.69) is 67.5 Å². The van der Waals surface area contributed by atoms with Gasteiger partial charge < -0.3 is 4.90 Å². The molecular weight excluding hydrogens is 264 g/mol. The van der Waals surface area contributed by atoms with Crippen LogP contribution in [0.4, 0.5) is 11.4 Å². The van der Waals surface area contributed by atoms with Gasteiger partial charge in [0.1, 0.15) is 0 Å². The number of hydrogen-bond donors (Lipinski definition) is 0. The van der Waals surface area contributed by atoms with Gasteiger partial charge in [-0.25, -0.2) is 4.99 Å². The molecule has 2 heterocycles. The van der Waals surface area contributed by atoms with Gasteiger partial charge in [0.25, 0.3) is 0 Å². The quantitative estimate of drug-likeness (QED) is 0.704.